The van der Waals surface area contributed by atoms with Crippen molar-refractivity contribution in [1.29, 1.82) is 0 Å². The highest BCUT2D eigenvalue weighted by Gasteiger charge is 2.18. The first-order chi connectivity index (χ1) is 6.70. The Kier molecular flexibility index (Phi) is 2.46. The second-order valence-corrected chi connectivity index (χ2v) is 4.02. The number of hydrogen-bond acceptors (Lipinski definition) is 2. The molecule has 0 amide bonds. The van der Waals surface area contributed by atoms with Crippen LogP contribution in [0.15, 0.2) is 12.1 Å². The fourth-order valence-electron chi connectivity index (χ4n) is 1.93. The van der Waals surface area contributed by atoms with E-state index in [4.69, 9.17) is 10.5 Å². The first kappa shape index (κ1) is 9.53. The average molecular weight is 191 g/mol. The van der Waals surface area contributed by atoms with Gasteiger partial charge in [0, 0.05) is 11.6 Å². The van der Waals surface area contributed by atoms with E-state index in [1.165, 1.54) is 16.7 Å². The van der Waals surface area contributed by atoms with Crippen molar-refractivity contribution in [3.8, 4) is 5.75 Å². The molecule has 2 N–H and O–H groups in total. The number of fused-ring (bicyclic) bond motifs is 1. The van der Waals surface area contributed by atoms with E-state index in [9.17, 15) is 0 Å². The number of ether oxygens (including phenoxy) is 1. The molecule has 0 bridgehead atoms. The molecule has 2 heteroatoms. The van der Waals surface area contributed by atoms with E-state index < -0.39 is 0 Å². The van der Waals surface area contributed by atoms with Crippen LogP contribution in [-0.4, -0.2) is 6.61 Å². The highest BCUT2D eigenvalue weighted by Crippen LogP contribution is 2.34. The van der Waals surface area contributed by atoms with E-state index in [1.807, 2.05) is 0 Å². The lowest BCUT2D eigenvalue weighted by molar-refractivity contribution is 0.314. The van der Waals surface area contributed by atoms with Crippen molar-refractivity contribution in [1.82, 2.24) is 0 Å². The van der Waals surface area contributed by atoms with Crippen molar-refractivity contribution in [3.63, 3.8) is 0 Å². The zero-order valence-corrected chi connectivity index (χ0v) is 8.84. The van der Waals surface area contributed by atoms with Crippen LogP contribution in [0.5, 0.6) is 5.75 Å². The van der Waals surface area contributed by atoms with E-state index in [-0.39, 0.29) is 6.04 Å². The largest absolute Gasteiger partial charge is 0.493 e. The lowest BCUT2D eigenvalue weighted by Gasteiger charge is -2.15. The van der Waals surface area contributed by atoms with Crippen LogP contribution in [0.3, 0.4) is 0 Å². The number of benzene rings is 1. The van der Waals surface area contributed by atoms with E-state index in [0.29, 0.717) is 0 Å². The molecule has 0 spiro atoms. The Labute approximate surface area is 85.1 Å². The molecule has 14 heavy (non-hydrogen) atoms. The van der Waals surface area contributed by atoms with Crippen LogP contribution in [0, 0.1) is 13.8 Å². The summed E-state index contributed by atoms with van der Waals surface area (Å²) in [5.41, 5.74) is 9.77. The molecule has 0 radical (unpaired) electrons. The van der Waals surface area contributed by atoms with Crippen molar-refractivity contribution in [2.24, 2.45) is 5.73 Å². The summed E-state index contributed by atoms with van der Waals surface area (Å²) in [7, 11) is 0. The summed E-state index contributed by atoms with van der Waals surface area (Å²) < 4.78 is 5.75. The summed E-state index contributed by atoms with van der Waals surface area (Å²) >= 11 is 0. The van der Waals surface area contributed by atoms with Crippen LogP contribution in [0.25, 0.3) is 0 Å². The molecular formula is C12H17NO. The van der Waals surface area contributed by atoms with Crippen LogP contribution < -0.4 is 10.5 Å². The number of aryl methyl sites for hydroxylation is 1. The molecule has 1 atom stereocenters. The normalized spacial score (nSPS) is 20.9. The topological polar surface area (TPSA) is 35.2 Å². The van der Waals surface area contributed by atoms with Gasteiger partial charge < -0.3 is 10.5 Å². The maximum atomic E-state index is 6.09. The van der Waals surface area contributed by atoms with Crippen molar-refractivity contribution in [2.45, 2.75) is 32.7 Å². The molecule has 0 aliphatic carbocycles. The zero-order chi connectivity index (χ0) is 10.1. The van der Waals surface area contributed by atoms with Crippen LogP contribution in [0.2, 0.25) is 0 Å². The minimum absolute atomic E-state index is 0.145. The van der Waals surface area contributed by atoms with Gasteiger partial charge in [0.25, 0.3) is 0 Å². The standard InChI is InChI=1S/C12H17NO/c1-8-5-6-10-11(13)4-3-7-14-12(10)9(8)2/h5-6,11H,3-4,7,13H2,1-2H3/t11-/m1/s1. The molecule has 0 aromatic heterocycles. The van der Waals surface area contributed by atoms with E-state index >= 15 is 0 Å². The molecule has 1 heterocycles. The summed E-state index contributed by atoms with van der Waals surface area (Å²) in [6.45, 7) is 5.01. The highest BCUT2D eigenvalue weighted by molar-refractivity contribution is 5.47. The Hall–Kier alpha value is -1.02. The molecule has 2 rings (SSSR count). The van der Waals surface area contributed by atoms with Gasteiger partial charge in [0.2, 0.25) is 0 Å². The van der Waals surface area contributed by atoms with Crippen molar-refractivity contribution in [2.75, 3.05) is 6.61 Å². The van der Waals surface area contributed by atoms with Crippen molar-refractivity contribution in [3.05, 3.63) is 28.8 Å². The van der Waals surface area contributed by atoms with Crippen LogP contribution in [-0.2, 0) is 0 Å². The molecule has 2 nitrogen and oxygen atoms in total. The maximum absolute atomic E-state index is 6.09. The molecule has 0 saturated carbocycles. The first-order valence-electron chi connectivity index (χ1n) is 5.18. The smallest absolute Gasteiger partial charge is 0.127 e. The molecule has 1 aliphatic heterocycles. The average Bonchev–Trinajstić information content (AvgIpc) is 2.35. The SMILES string of the molecule is Cc1ccc2c(c1C)OCCC[C@H]2N. The Morgan fingerprint density at radius 2 is 2.14 bits per heavy atom. The van der Waals surface area contributed by atoms with Gasteiger partial charge in [-0.05, 0) is 37.8 Å². The fraction of sp³-hybridized carbons (Fsp3) is 0.500. The maximum Gasteiger partial charge on any atom is 0.127 e. The number of nitrogens with two attached hydrogens (primary N) is 1. The minimum atomic E-state index is 0.145. The monoisotopic (exact) mass is 191 g/mol. The van der Waals surface area contributed by atoms with E-state index in [0.717, 1.165) is 25.2 Å². The number of hydrogen-bond donors (Lipinski definition) is 1. The Morgan fingerprint density at radius 1 is 1.36 bits per heavy atom. The van der Waals surface area contributed by atoms with Gasteiger partial charge in [0.1, 0.15) is 5.75 Å². The molecule has 0 fully saturated rings. The van der Waals surface area contributed by atoms with Gasteiger partial charge in [-0.2, -0.15) is 0 Å². The van der Waals surface area contributed by atoms with Gasteiger partial charge in [-0.1, -0.05) is 12.1 Å². The summed E-state index contributed by atoms with van der Waals surface area (Å²) in [6.07, 6.45) is 2.07. The van der Waals surface area contributed by atoms with Gasteiger partial charge in [-0.25, -0.2) is 0 Å². The molecule has 76 valence electrons. The zero-order valence-electron chi connectivity index (χ0n) is 8.84. The predicted molar refractivity (Wildman–Crippen MR) is 57.6 cm³/mol. The summed E-state index contributed by atoms with van der Waals surface area (Å²) in [4.78, 5) is 0. The Morgan fingerprint density at radius 3 is 2.93 bits per heavy atom. The van der Waals surface area contributed by atoms with Crippen molar-refractivity contribution >= 4 is 0 Å². The molecule has 0 unspecified atom stereocenters. The van der Waals surface area contributed by atoms with Gasteiger partial charge in [0.15, 0.2) is 0 Å². The van der Waals surface area contributed by atoms with E-state index in [2.05, 4.69) is 26.0 Å². The second kappa shape index (κ2) is 3.62. The van der Waals surface area contributed by atoms with Crippen LogP contribution in [0.1, 0.15) is 35.6 Å². The lowest BCUT2D eigenvalue weighted by Crippen LogP contribution is -2.09. The molecule has 0 saturated heterocycles. The highest BCUT2D eigenvalue weighted by atomic mass is 16.5. The number of rotatable bonds is 0. The van der Waals surface area contributed by atoms with Gasteiger partial charge >= 0.3 is 0 Å². The Bertz CT molecular complexity index is 346. The third-order valence-corrected chi connectivity index (χ3v) is 3.01. The van der Waals surface area contributed by atoms with Crippen LogP contribution >= 0.6 is 0 Å². The van der Waals surface area contributed by atoms with Gasteiger partial charge in [0.05, 0.1) is 6.61 Å². The van der Waals surface area contributed by atoms with Gasteiger partial charge in [-0.3, -0.25) is 0 Å². The second-order valence-electron chi connectivity index (χ2n) is 4.02. The third kappa shape index (κ3) is 1.50. The molecule has 1 aromatic carbocycles. The van der Waals surface area contributed by atoms with Crippen molar-refractivity contribution < 1.29 is 4.74 Å². The first-order valence-corrected chi connectivity index (χ1v) is 5.18. The Balaban J connectivity index is 2.53. The summed E-state index contributed by atoms with van der Waals surface area (Å²) in [5, 5.41) is 0. The summed E-state index contributed by atoms with van der Waals surface area (Å²) in [6, 6.07) is 4.38. The minimum Gasteiger partial charge on any atom is -0.493 e. The van der Waals surface area contributed by atoms with E-state index in [1.54, 1.807) is 0 Å². The predicted octanol–water partition coefficient (Wildman–Crippen LogP) is 2.48. The van der Waals surface area contributed by atoms with Gasteiger partial charge in [-0.15, -0.1) is 0 Å². The third-order valence-electron chi connectivity index (χ3n) is 3.01. The molecule has 1 aliphatic rings. The fourth-order valence-corrected chi connectivity index (χ4v) is 1.93. The molecular weight excluding hydrogens is 174 g/mol. The van der Waals surface area contributed by atoms with Crippen LogP contribution in [0.4, 0.5) is 0 Å². The molecule has 1 aromatic rings. The lowest BCUT2D eigenvalue weighted by atomic mass is 9.98. The summed E-state index contributed by atoms with van der Waals surface area (Å²) in [5.74, 6) is 1.02. The quantitative estimate of drug-likeness (QED) is 0.683.